The fourth-order valence-electron chi connectivity index (χ4n) is 1.53. The largest absolute Gasteiger partial charge is 0.478 e. The number of aliphatic hydroxyl groups is 1. The van der Waals surface area contributed by atoms with Crippen LogP contribution in [-0.4, -0.2) is 20.7 Å². The van der Waals surface area contributed by atoms with Crippen LogP contribution in [0.4, 0.5) is 0 Å². The Balaban J connectivity index is 2.46. The fraction of sp³-hybridized carbons (Fsp3) is 0.0833. The van der Waals surface area contributed by atoms with E-state index in [1.807, 2.05) is 0 Å². The molecule has 0 aliphatic carbocycles. The van der Waals surface area contributed by atoms with E-state index in [1.54, 1.807) is 35.2 Å². The van der Waals surface area contributed by atoms with Gasteiger partial charge in [-0.25, -0.2) is 4.79 Å². The summed E-state index contributed by atoms with van der Waals surface area (Å²) < 4.78 is 1.73. The zero-order chi connectivity index (χ0) is 12.4. The van der Waals surface area contributed by atoms with E-state index >= 15 is 0 Å². The van der Waals surface area contributed by atoms with Gasteiger partial charge in [-0.1, -0.05) is 11.6 Å². The highest BCUT2D eigenvalue weighted by atomic mass is 35.5. The highest BCUT2D eigenvalue weighted by Gasteiger charge is 2.10. The van der Waals surface area contributed by atoms with Gasteiger partial charge in [0.05, 0.1) is 17.2 Å². The van der Waals surface area contributed by atoms with Crippen molar-refractivity contribution in [3.8, 4) is 5.69 Å². The molecule has 88 valence electrons. The van der Waals surface area contributed by atoms with Crippen molar-refractivity contribution in [3.05, 3.63) is 52.8 Å². The molecule has 1 aromatic heterocycles. The van der Waals surface area contributed by atoms with Gasteiger partial charge in [-0.15, -0.1) is 0 Å². The second-order valence-electron chi connectivity index (χ2n) is 3.55. The quantitative estimate of drug-likeness (QED) is 0.880. The molecule has 0 aliphatic rings. The van der Waals surface area contributed by atoms with Crippen LogP contribution in [-0.2, 0) is 6.61 Å². The van der Waals surface area contributed by atoms with Crippen LogP contribution in [0.25, 0.3) is 5.69 Å². The number of aromatic nitrogens is 1. The maximum Gasteiger partial charge on any atom is 0.337 e. The Hall–Kier alpha value is -1.78. The first-order chi connectivity index (χ1) is 8.11. The van der Waals surface area contributed by atoms with Crippen molar-refractivity contribution in [1.29, 1.82) is 0 Å². The first-order valence-corrected chi connectivity index (χ1v) is 5.30. The van der Waals surface area contributed by atoms with Crippen molar-refractivity contribution in [2.24, 2.45) is 0 Å². The van der Waals surface area contributed by atoms with E-state index in [0.717, 1.165) is 5.56 Å². The molecule has 0 bridgehead atoms. The maximum atomic E-state index is 10.9. The van der Waals surface area contributed by atoms with Crippen LogP contribution in [0.15, 0.2) is 36.7 Å². The molecule has 17 heavy (non-hydrogen) atoms. The predicted octanol–water partition coefficient (Wildman–Crippen LogP) is 2.32. The van der Waals surface area contributed by atoms with Crippen molar-refractivity contribution < 1.29 is 15.0 Å². The molecule has 0 saturated carbocycles. The summed E-state index contributed by atoms with van der Waals surface area (Å²) in [5.74, 6) is -1.06. The minimum absolute atomic E-state index is 0.0492. The summed E-state index contributed by atoms with van der Waals surface area (Å²) in [6.07, 6.45) is 3.48. The Kier molecular flexibility index (Phi) is 3.17. The van der Waals surface area contributed by atoms with E-state index in [9.17, 15) is 4.79 Å². The third-order valence-electron chi connectivity index (χ3n) is 2.42. The Morgan fingerprint density at radius 2 is 2.12 bits per heavy atom. The second-order valence-corrected chi connectivity index (χ2v) is 3.96. The second kappa shape index (κ2) is 4.61. The zero-order valence-electron chi connectivity index (χ0n) is 8.80. The lowest BCUT2D eigenvalue weighted by atomic mass is 10.2. The summed E-state index contributed by atoms with van der Waals surface area (Å²) in [6.45, 7) is -0.0492. The average Bonchev–Trinajstić information content (AvgIpc) is 2.78. The third kappa shape index (κ3) is 2.33. The lowest BCUT2D eigenvalue weighted by molar-refractivity contribution is 0.0697. The number of nitrogens with zero attached hydrogens (tertiary/aromatic N) is 1. The van der Waals surface area contributed by atoms with Gasteiger partial charge < -0.3 is 14.8 Å². The number of hydrogen-bond donors (Lipinski definition) is 2. The van der Waals surface area contributed by atoms with Crippen LogP contribution < -0.4 is 0 Å². The van der Waals surface area contributed by atoms with E-state index in [0.29, 0.717) is 5.69 Å². The molecule has 2 rings (SSSR count). The highest BCUT2D eigenvalue weighted by molar-refractivity contribution is 6.33. The molecule has 0 radical (unpaired) electrons. The molecule has 0 atom stereocenters. The van der Waals surface area contributed by atoms with E-state index < -0.39 is 5.97 Å². The molecular weight excluding hydrogens is 242 g/mol. The van der Waals surface area contributed by atoms with Gasteiger partial charge in [0.15, 0.2) is 0 Å². The number of benzene rings is 1. The Labute approximate surface area is 103 Å². The highest BCUT2D eigenvalue weighted by Crippen LogP contribution is 2.20. The van der Waals surface area contributed by atoms with Crippen molar-refractivity contribution in [2.75, 3.05) is 0 Å². The predicted molar refractivity (Wildman–Crippen MR) is 63.7 cm³/mol. The normalized spacial score (nSPS) is 10.5. The number of aromatic carboxylic acids is 1. The molecule has 5 heteroatoms. The minimum Gasteiger partial charge on any atom is -0.478 e. The molecule has 4 nitrogen and oxygen atoms in total. The Bertz CT molecular complexity index is 563. The lowest BCUT2D eigenvalue weighted by Gasteiger charge is -2.05. The van der Waals surface area contributed by atoms with Gasteiger partial charge in [-0.2, -0.15) is 0 Å². The topological polar surface area (TPSA) is 62.5 Å². The summed E-state index contributed by atoms with van der Waals surface area (Å²) in [6, 6.07) is 6.51. The van der Waals surface area contributed by atoms with Crippen LogP contribution in [0.2, 0.25) is 5.02 Å². The Morgan fingerprint density at radius 1 is 1.35 bits per heavy atom. The lowest BCUT2D eigenvalue weighted by Crippen LogP contribution is -2.00. The summed E-state index contributed by atoms with van der Waals surface area (Å²) in [5, 5.41) is 18.1. The third-order valence-corrected chi connectivity index (χ3v) is 2.74. The van der Waals surface area contributed by atoms with Crippen LogP contribution in [0.1, 0.15) is 15.9 Å². The van der Waals surface area contributed by atoms with Crippen molar-refractivity contribution >= 4 is 17.6 Å². The van der Waals surface area contributed by atoms with Crippen molar-refractivity contribution in [1.82, 2.24) is 4.57 Å². The number of halogens is 1. The number of carboxylic acid groups (broad SMARTS) is 1. The standard InChI is InChI=1S/C12H10ClNO3/c13-11-2-1-9(5-10(11)12(16)17)14-4-3-8(6-14)7-15/h1-6,15H,7H2,(H,16,17). The van der Waals surface area contributed by atoms with Gasteiger partial charge in [0, 0.05) is 18.1 Å². The summed E-state index contributed by atoms with van der Waals surface area (Å²) >= 11 is 5.78. The average molecular weight is 252 g/mol. The summed E-state index contributed by atoms with van der Waals surface area (Å²) in [5.41, 5.74) is 1.51. The van der Waals surface area contributed by atoms with Crippen molar-refractivity contribution in [3.63, 3.8) is 0 Å². The molecule has 0 unspecified atom stereocenters. The number of carbonyl (C=O) groups is 1. The first kappa shape index (κ1) is 11.7. The minimum atomic E-state index is -1.06. The Morgan fingerprint density at radius 3 is 2.71 bits per heavy atom. The fourth-order valence-corrected chi connectivity index (χ4v) is 1.73. The first-order valence-electron chi connectivity index (χ1n) is 4.93. The van der Waals surface area contributed by atoms with Gasteiger partial charge in [0.1, 0.15) is 0 Å². The number of aliphatic hydroxyl groups excluding tert-OH is 1. The van der Waals surface area contributed by atoms with Gasteiger partial charge in [0.25, 0.3) is 0 Å². The number of carboxylic acids is 1. The summed E-state index contributed by atoms with van der Waals surface area (Å²) in [4.78, 5) is 10.9. The molecule has 0 spiro atoms. The smallest absolute Gasteiger partial charge is 0.337 e. The van der Waals surface area contributed by atoms with E-state index in [-0.39, 0.29) is 17.2 Å². The molecule has 0 fully saturated rings. The monoisotopic (exact) mass is 251 g/mol. The van der Waals surface area contributed by atoms with E-state index in [4.69, 9.17) is 21.8 Å². The van der Waals surface area contributed by atoms with E-state index in [1.165, 1.54) is 6.07 Å². The molecule has 0 aliphatic heterocycles. The maximum absolute atomic E-state index is 10.9. The molecular formula is C12H10ClNO3. The van der Waals surface area contributed by atoms with Gasteiger partial charge in [-0.05, 0) is 29.8 Å². The van der Waals surface area contributed by atoms with E-state index in [2.05, 4.69) is 0 Å². The van der Waals surface area contributed by atoms with Crippen LogP contribution in [0, 0.1) is 0 Å². The molecule has 2 aromatic rings. The molecule has 2 N–H and O–H groups in total. The van der Waals surface area contributed by atoms with Crippen LogP contribution >= 0.6 is 11.6 Å². The molecule has 1 heterocycles. The van der Waals surface area contributed by atoms with Crippen LogP contribution in [0.5, 0.6) is 0 Å². The molecule has 0 saturated heterocycles. The molecule has 0 amide bonds. The summed E-state index contributed by atoms with van der Waals surface area (Å²) in [7, 11) is 0. The SMILES string of the molecule is O=C(O)c1cc(-n2ccc(CO)c2)ccc1Cl. The van der Waals surface area contributed by atoms with Gasteiger partial charge in [-0.3, -0.25) is 0 Å². The van der Waals surface area contributed by atoms with Crippen molar-refractivity contribution in [2.45, 2.75) is 6.61 Å². The van der Waals surface area contributed by atoms with Gasteiger partial charge >= 0.3 is 5.97 Å². The zero-order valence-corrected chi connectivity index (χ0v) is 9.55. The van der Waals surface area contributed by atoms with Crippen LogP contribution in [0.3, 0.4) is 0 Å². The van der Waals surface area contributed by atoms with Gasteiger partial charge in [0.2, 0.25) is 0 Å². The molecule has 1 aromatic carbocycles. The number of hydrogen-bond acceptors (Lipinski definition) is 2. The number of rotatable bonds is 3.